The first kappa shape index (κ1) is 14.6. The molecule has 0 aliphatic heterocycles. The number of phenolic OH excluding ortho intramolecular Hbond substituents is 1. The van der Waals surface area contributed by atoms with Gasteiger partial charge in [-0.2, -0.15) is 0 Å². The van der Waals surface area contributed by atoms with E-state index in [2.05, 4.69) is 15.9 Å². The van der Waals surface area contributed by atoms with Crippen LogP contribution in [0.5, 0.6) is 5.75 Å². The van der Waals surface area contributed by atoms with E-state index in [1.54, 1.807) is 30.1 Å². The largest absolute Gasteiger partial charge is 0.508 e. The Balaban J connectivity index is 2.18. The molecule has 1 amide bonds. The molecule has 3 nitrogen and oxygen atoms in total. The predicted molar refractivity (Wildman–Crippen MR) is 82.8 cm³/mol. The summed E-state index contributed by atoms with van der Waals surface area (Å²) in [6.45, 7) is 2.38. The van der Waals surface area contributed by atoms with Crippen molar-refractivity contribution < 1.29 is 9.90 Å². The van der Waals surface area contributed by atoms with Crippen LogP contribution in [0, 0.1) is 6.92 Å². The van der Waals surface area contributed by atoms with Crippen molar-refractivity contribution >= 4 is 21.8 Å². The standard InChI is InChI=1S/C16H16BrNO2/c1-11-6-7-13(17)9-15(11)16(20)18(2)10-12-4-3-5-14(19)8-12/h3-9,19H,10H2,1-2H3. The van der Waals surface area contributed by atoms with Gasteiger partial charge in [0.15, 0.2) is 0 Å². The van der Waals surface area contributed by atoms with Crippen LogP contribution in [0.15, 0.2) is 46.9 Å². The Hall–Kier alpha value is -1.81. The molecule has 0 fully saturated rings. The van der Waals surface area contributed by atoms with Crippen LogP contribution in [0.1, 0.15) is 21.5 Å². The van der Waals surface area contributed by atoms with Gasteiger partial charge in [-0.05, 0) is 42.3 Å². The third-order valence-corrected chi connectivity index (χ3v) is 3.60. The normalized spacial score (nSPS) is 10.3. The van der Waals surface area contributed by atoms with E-state index in [9.17, 15) is 9.90 Å². The maximum absolute atomic E-state index is 12.4. The third kappa shape index (κ3) is 3.39. The lowest BCUT2D eigenvalue weighted by Crippen LogP contribution is -2.26. The van der Waals surface area contributed by atoms with E-state index < -0.39 is 0 Å². The van der Waals surface area contributed by atoms with E-state index in [1.165, 1.54) is 0 Å². The van der Waals surface area contributed by atoms with Gasteiger partial charge in [0.1, 0.15) is 5.75 Å². The van der Waals surface area contributed by atoms with Crippen LogP contribution in [0.25, 0.3) is 0 Å². The molecule has 4 heteroatoms. The summed E-state index contributed by atoms with van der Waals surface area (Å²) in [5.74, 6) is 0.175. The molecule has 0 aliphatic rings. The first-order valence-electron chi connectivity index (χ1n) is 6.27. The van der Waals surface area contributed by atoms with Crippen LogP contribution < -0.4 is 0 Å². The molecule has 104 valence electrons. The number of aromatic hydroxyl groups is 1. The Morgan fingerprint density at radius 3 is 2.70 bits per heavy atom. The summed E-state index contributed by atoms with van der Waals surface area (Å²) in [6.07, 6.45) is 0. The maximum atomic E-state index is 12.4. The molecule has 0 aliphatic carbocycles. The van der Waals surface area contributed by atoms with Crippen molar-refractivity contribution in [1.29, 1.82) is 0 Å². The summed E-state index contributed by atoms with van der Waals surface area (Å²) in [4.78, 5) is 14.1. The van der Waals surface area contributed by atoms with E-state index >= 15 is 0 Å². The molecule has 0 atom stereocenters. The lowest BCUT2D eigenvalue weighted by molar-refractivity contribution is 0.0784. The molecule has 0 unspecified atom stereocenters. The van der Waals surface area contributed by atoms with E-state index in [1.807, 2.05) is 31.2 Å². The van der Waals surface area contributed by atoms with Gasteiger partial charge in [0.2, 0.25) is 0 Å². The van der Waals surface area contributed by atoms with Crippen LogP contribution in [0.4, 0.5) is 0 Å². The van der Waals surface area contributed by atoms with Crippen molar-refractivity contribution in [3.63, 3.8) is 0 Å². The molecule has 0 bridgehead atoms. The number of rotatable bonds is 3. The highest BCUT2D eigenvalue weighted by molar-refractivity contribution is 9.10. The van der Waals surface area contributed by atoms with Crippen molar-refractivity contribution in [1.82, 2.24) is 4.90 Å². The monoisotopic (exact) mass is 333 g/mol. The number of phenols is 1. The minimum Gasteiger partial charge on any atom is -0.508 e. The highest BCUT2D eigenvalue weighted by Gasteiger charge is 2.14. The summed E-state index contributed by atoms with van der Waals surface area (Å²) < 4.78 is 0.886. The highest BCUT2D eigenvalue weighted by Crippen LogP contribution is 2.19. The number of hydrogen-bond donors (Lipinski definition) is 1. The summed E-state index contributed by atoms with van der Waals surface area (Å²) in [5, 5.41) is 9.45. The second-order valence-electron chi connectivity index (χ2n) is 4.79. The van der Waals surface area contributed by atoms with Crippen LogP contribution in [-0.2, 0) is 6.54 Å². The molecule has 20 heavy (non-hydrogen) atoms. The minimum absolute atomic E-state index is 0.0351. The number of benzene rings is 2. The second-order valence-corrected chi connectivity index (χ2v) is 5.71. The van der Waals surface area contributed by atoms with Crippen molar-refractivity contribution in [3.8, 4) is 5.75 Å². The van der Waals surface area contributed by atoms with Crippen LogP contribution in [0.3, 0.4) is 0 Å². The summed E-state index contributed by atoms with van der Waals surface area (Å²) in [6, 6.07) is 12.6. The van der Waals surface area contributed by atoms with Gasteiger partial charge in [-0.15, -0.1) is 0 Å². The van der Waals surface area contributed by atoms with Gasteiger partial charge in [0, 0.05) is 23.6 Å². The van der Waals surface area contributed by atoms with E-state index in [-0.39, 0.29) is 11.7 Å². The number of carbonyl (C=O) groups excluding carboxylic acids is 1. The fourth-order valence-electron chi connectivity index (χ4n) is 2.03. The number of hydrogen-bond acceptors (Lipinski definition) is 2. The number of nitrogens with zero attached hydrogens (tertiary/aromatic N) is 1. The van der Waals surface area contributed by atoms with E-state index in [0.717, 1.165) is 15.6 Å². The Morgan fingerprint density at radius 2 is 2.00 bits per heavy atom. The Bertz CT molecular complexity index is 640. The van der Waals surface area contributed by atoms with Crippen molar-refractivity contribution in [2.45, 2.75) is 13.5 Å². The van der Waals surface area contributed by atoms with Gasteiger partial charge >= 0.3 is 0 Å². The summed E-state index contributed by atoms with van der Waals surface area (Å²) in [7, 11) is 1.76. The molecule has 0 saturated carbocycles. The van der Waals surface area contributed by atoms with Crippen LogP contribution >= 0.6 is 15.9 Å². The number of aryl methyl sites for hydroxylation is 1. The summed E-state index contributed by atoms with van der Waals surface area (Å²) in [5.41, 5.74) is 2.52. The van der Waals surface area contributed by atoms with Gasteiger partial charge in [0.05, 0.1) is 0 Å². The minimum atomic E-state index is -0.0351. The molecule has 2 aromatic carbocycles. The topological polar surface area (TPSA) is 40.5 Å². The third-order valence-electron chi connectivity index (χ3n) is 3.11. The number of amides is 1. The lowest BCUT2D eigenvalue weighted by atomic mass is 10.1. The molecular weight excluding hydrogens is 318 g/mol. The molecule has 0 radical (unpaired) electrons. The molecule has 0 aromatic heterocycles. The fraction of sp³-hybridized carbons (Fsp3) is 0.188. The maximum Gasteiger partial charge on any atom is 0.254 e. The van der Waals surface area contributed by atoms with Gasteiger partial charge in [0.25, 0.3) is 5.91 Å². The van der Waals surface area contributed by atoms with Crippen LogP contribution in [0.2, 0.25) is 0 Å². The van der Waals surface area contributed by atoms with Gasteiger partial charge < -0.3 is 10.0 Å². The second kappa shape index (κ2) is 6.09. The van der Waals surface area contributed by atoms with Gasteiger partial charge in [-0.1, -0.05) is 34.1 Å². The first-order chi connectivity index (χ1) is 9.47. The lowest BCUT2D eigenvalue weighted by Gasteiger charge is -2.18. The number of carbonyl (C=O) groups is 1. The molecule has 0 saturated heterocycles. The molecule has 0 heterocycles. The zero-order valence-electron chi connectivity index (χ0n) is 11.4. The SMILES string of the molecule is Cc1ccc(Br)cc1C(=O)N(C)Cc1cccc(O)c1. The van der Waals surface area contributed by atoms with Crippen LogP contribution in [-0.4, -0.2) is 23.0 Å². The van der Waals surface area contributed by atoms with Crippen molar-refractivity contribution in [2.75, 3.05) is 7.05 Å². The Kier molecular flexibility index (Phi) is 4.45. The molecule has 1 N–H and O–H groups in total. The van der Waals surface area contributed by atoms with Gasteiger partial charge in [-0.25, -0.2) is 0 Å². The zero-order chi connectivity index (χ0) is 14.7. The quantitative estimate of drug-likeness (QED) is 0.929. The molecular formula is C16H16BrNO2. The highest BCUT2D eigenvalue weighted by atomic mass is 79.9. The smallest absolute Gasteiger partial charge is 0.254 e. The van der Waals surface area contributed by atoms with Crippen molar-refractivity contribution in [3.05, 3.63) is 63.6 Å². The van der Waals surface area contributed by atoms with E-state index in [4.69, 9.17) is 0 Å². The predicted octanol–water partition coefficient (Wildman–Crippen LogP) is 3.74. The average molecular weight is 334 g/mol. The van der Waals surface area contributed by atoms with E-state index in [0.29, 0.717) is 12.1 Å². The number of halogens is 1. The van der Waals surface area contributed by atoms with Crippen molar-refractivity contribution in [2.24, 2.45) is 0 Å². The molecule has 2 aromatic rings. The zero-order valence-corrected chi connectivity index (χ0v) is 13.0. The first-order valence-corrected chi connectivity index (χ1v) is 7.06. The Morgan fingerprint density at radius 1 is 1.25 bits per heavy atom. The Labute approximate surface area is 127 Å². The molecule has 0 spiro atoms. The summed E-state index contributed by atoms with van der Waals surface area (Å²) >= 11 is 3.39. The average Bonchev–Trinajstić information content (AvgIpc) is 2.40. The van der Waals surface area contributed by atoms with Gasteiger partial charge in [-0.3, -0.25) is 4.79 Å². The molecule has 2 rings (SSSR count). The fourth-order valence-corrected chi connectivity index (χ4v) is 2.39.